The second kappa shape index (κ2) is 6.41. The lowest BCUT2D eigenvalue weighted by atomic mass is 10.4. The highest BCUT2D eigenvalue weighted by Crippen LogP contribution is 1.99. The molecule has 0 saturated heterocycles. The van der Waals surface area contributed by atoms with Crippen LogP contribution in [-0.2, 0) is 21.2 Å². The predicted octanol–water partition coefficient (Wildman–Crippen LogP) is -0.307. The molecule has 1 aromatic rings. The van der Waals surface area contributed by atoms with E-state index in [4.69, 9.17) is 9.52 Å². The summed E-state index contributed by atoms with van der Waals surface area (Å²) in [4.78, 5) is 11.3. The van der Waals surface area contributed by atoms with Crippen LogP contribution in [0.15, 0.2) is 22.8 Å². The van der Waals surface area contributed by atoms with Gasteiger partial charge in [-0.2, -0.15) is 0 Å². The summed E-state index contributed by atoms with van der Waals surface area (Å²) in [6, 6.07) is 3.36. The van der Waals surface area contributed by atoms with Crippen LogP contribution in [-0.4, -0.2) is 37.5 Å². The van der Waals surface area contributed by atoms with Crippen LogP contribution >= 0.6 is 0 Å². The highest BCUT2D eigenvalue weighted by atomic mass is 32.2. The van der Waals surface area contributed by atoms with E-state index in [1.807, 2.05) is 0 Å². The van der Waals surface area contributed by atoms with Gasteiger partial charge < -0.3 is 14.8 Å². The number of carbonyl (C=O) groups is 1. The zero-order valence-electron chi connectivity index (χ0n) is 9.26. The Bertz CT molecular complexity index is 437. The fourth-order valence-electron chi connectivity index (χ4n) is 1.21. The molecule has 0 aromatic carbocycles. The molecule has 0 atom stereocenters. The number of amides is 1. The summed E-state index contributed by atoms with van der Waals surface area (Å²) < 4.78 is 27.7. The summed E-state index contributed by atoms with van der Waals surface area (Å²) in [7, 11) is -3.44. The number of furan rings is 1. The van der Waals surface area contributed by atoms with Gasteiger partial charge in [0.1, 0.15) is 11.5 Å². The molecule has 0 unspecified atom stereocenters. The first-order chi connectivity index (χ1) is 8.03. The first-order valence-corrected chi connectivity index (χ1v) is 6.96. The van der Waals surface area contributed by atoms with E-state index in [-0.39, 0.29) is 25.3 Å². The van der Waals surface area contributed by atoms with Gasteiger partial charge in [0.25, 0.3) is 0 Å². The molecule has 6 nitrogen and oxygen atoms in total. The Hall–Kier alpha value is -1.34. The number of carbonyl (C=O) groups excluding carboxylic acids is 1. The summed E-state index contributed by atoms with van der Waals surface area (Å²) in [6.45, 7) is -0.0331. The Morgan fingerprint density at radius 3 is 2.82 bits per heavy atom. The minimum absolute atomic E-state index is 0.147. The topological polar surface area (TPSA) is 96.6 Å². The third kappa shape index (κ3) is 5.50. The van der Waals surface area contributed by atoms with E-state index in [1.54, 1.807) is 12.1 Å². The molecule has 0 fully saturated rings. The van der Waals surface area contributed by atoms with Crippen LogP contribution < -0.4 is 5.32 Å². The molecule has 1 heterocycles. The molecule has 7 heteroatoms. The zero-order chi connectivity index (χ0) is 12.7. The van der Waals surface area contributed by atoms with Gasteiger partial charge in [0.05, 0.1) is 18.6 Å². The number of rotatable bonds is 7. The van der Waals surface area contributed by atoms with Crippen molar-refractivity contribution in [1.82, 2.24) is 5.32 Å². The summed E-state index contributed by atoms with van der Waals surface area (Å²) in [6.07, 6.45) is 1.62. The molecule has 1 rings (SSSR count). The molecule has 0 aliphatic carbocycles. The van der Waals surface area contributed by atoms with Crippen molar-refractivity contribution in [2.45, 2.75) is 13.0 Å². The Morgan fingerprint density at radius 1 is 1.47 bits per heavy atom. The maximum Gasteiger partial charge on any atom is 0.235 e. The second-order valence-corrected chi connectivity index (χ2v) is 5.71. The lowest BCUT2D eigenvalue weighted by molar-refractivity contribution is -0.118. The monoisotopic (exact) mass is 261 g/mol. The number of nitrogens with one attached hydrogen (secondary N) is 1. The smallest absolute Gasteiger partial charge is 0.235 e. The lowest BCUT2D eigenvalue weighted by Crippen LogP contribution is -2.30. The predicted molar refractivity (Wildman–Crippen MR) is 60.9 cm³/mol. The minimum Gasteiger partial charge on any atom is -0.467 e. The maximum atomic E-state index is 11.4. The number of hydrogen-bond donors (Lipinski definition) is 2. The van der Waals surface area contributed by atoms with Crippen molar-refractivity contribution < 1.29 is 22.7 Å². The minimum atomic E-state index is -3.44. The standard InChI is InChI=1S/C10H15NO5S/c12-4-2-6-17(14,15)8-10(13)11-7-9-3-1-5-16-9/h1,3,5,12H,2,4,6-8H2,(H,11,13). The summed E-state index contributed by atoms with van der Waals surface area (Å²) in [5.74, 6) is -0.754. The van der Waals surface area contributed by atoms with E-state index in [1.165, 1.54) is 6.26 Å². The molecule has 96 valence electrons. The van der Waals surface area contributed by atoms with E-state index in [0.29, 0.717) is 5.76 Å². The van der Waals surface area contributed by atoms with Crippen molar-refractivity contribution >= 4 is 15.7 Å². The van der Waals surface area contributed by atoms with Crippen LogP contribution in [0.2, 0.25) is 0 Å². The Morgan fingerprint density at radius 2 is 2.24 bits per heavy atom. The Balaban J connectivity index is 2.34. The van der Waals surface area contributed by atoms with Gasteiger partial charge in [0, 0.05) is 6.61 Å². The molecular formula is C10H15NO5S. The van der Waals surface area contributed by atoms with E-state index in [2.05, 4.69) is 5.32 Å². The van der Waals surface area contributed by atoms with Crippen molar-refractivity contribution in [3.63, 3.8) is 0 Å². The molecule has 0 aliphatic rings. The van der Waals surface area contributed by atoms with Gasteiger partial charge in [-0.1, -0.05) is 0 Å². The fraction of sp³-hybridized carbons (Fsp3) is 0.500. The molecule has 17 heavy (non-hydrogen) atoms. The highest BCUT2D eigenvalue weighted by molar-refractivity contribution is 7.92. The van der Waals surface area contributed by atoms with Crippen molar-refractivity contribution in [3.05, 3.63) is 24.2 Å². The van der Waals surface area contributed by atoms with Crippen LogP contribution in [0, 0.1) is 0 Å². The number of aliphatic hydroxyl groups is 1. The van der Waals surface area contributed by atoms with E-state index < -0.39 is 21.5 Å². The summed E-state index contributed by atoms with van der Waals surface area (Å²) in [5.41, 5.74) is 0. The number of sulfone groups is 1. The Kier molecular flexibility index (Phi) is 5.17. The van der Waals surface area contributed by atoms with Gasteiger partial charge in [-0.25, -0.2) is 8.42 Å². The van der Waals surface area contributed by atoms with Crippen LogP contribution in [0.5, 0.6) is 0 Å². The van der Waals surface area contributed by atoms with Crippen LogP contribution in [0.4, 0.5) is 0 Å². The average molecular weight is 261 g/mol. The van der Waals surface area contributed by atoms with Crippen molar-refractivity contribution in [1.29, 1.82) is 0 Å². The molecule has 0 saturated carbocycles. The lowest BCUT2D eigenvalue weighted by Gasteiger charge is -2.04. The maximum absolute atomic E-state index is 11.4. The first-order valence-electron chi connectivity index (χ1n) is 5.14. The number of hydrogen-bond acceptors (Lipinski definition) is 5. The summed E-state index contributed by atoms with van der Waals surface area (Å²) in [5, 5.41) is 11.0. The normalized spacial score (nSPS) is 11.4. The van der Waals surface area contributed by atoms with Gasteiger partial charge >= 0.3 is 0 Å². The molecule has 0 radical (unpaired) electrons. The van der Waals surface area contributed by atoms with Gasteiger partial charge in [-0.3, -0.25) is 4.79 Å². The zero-order valence-corrected chi connectivity index (χ0v) is 10.1. The van der Waals surface area contributed by atoms with Crippen molar-refractivity contribution in [3.8, 4) is 0 Å². The molecule has 1 aromatic heterocycles. The van der Waals surface area contributed by atoms with E-state index >= 15 is 0 Å². The highest BCUT2D eigenvalue weighted by Gasteiger charge is 2.16. The summed E-state index contributed by atoms with van der Waals surface area (Å²) >= 11 is 0. The largest absolute Gasteiger partial charge is 0.467 e. The molecule has 1 amide bonds. The third-order valence-electron chi connectivity index (χ3n) is 2.00. The average Bonchev–Trinajstić information content (AvgIpc) is 2.76. The molecule has 2 N–H and O–H groups in total. The van der Waals surface area contributed by atoms with E-state index in [9.17, 15) is 13.2 Å². The molecule has 0 aliphatic heterocycles. The molecule has 0 bridgehead atoms. The first kappa shape index (κ1) is 13.7. The van der Waals surface area contributed by atoms with Gasteiger partial charge in [0.2, 0.25) is 5.91 Å². The molecular weight excluding hydrogens is 246 g/mol. The SMILES string of the molecule is O=C(CS(=O)(=O)CCCO)NCc1ccco1. The van der Waals surface area contributed by atoms with Gasteiger partial charge in [0.15, 0.2) is 9.84 Å². The van der Waals surface area contributed by atoms with Gasteiger partial charge in [-0.05, 0) is 18.6 Å². The second-order valence-electron chi connectivity index (χ2n) is 3.53. The Labute approximate surface area is 99.5 Å². The third-order valence-corrected chi connectivity index (χ3v) is 3.62. The van der Waals surface area contributed by atoms with Crippen LogP contribution in [0.25, 0.3) is 0 Å². The van der Waals surface area contributed by atoms with Crippen LogP contribution in [0.3, 0.4) is 0 Å². The number of aliphatic hydroxyl groups excluding tert-OH is 1. The van der Waals surface area contributed by atoms with Crippen molar-refractivity contribution in [2.24, 2.45) is 0 Å². The quantitative estimate of drug-likeness (QED) is 0.702. The van der Waals surface area contributed by atoms with Gasteiger partial charge in [-0.15, -0.1) is 0 Å². The molecule has 0 spiro atoms. The van der Waals surface area contributed by atoms with E-state index in [0.717, 1.165) is 0 Å². The fourth-order valence-corrected chi connectivity index (χ4v) is 2.42. The van der Waals surface area contributed by atoms with Crippen molar-refractivity contribution in [2.75, 3.05) is 18.1 Å². The van der Waals surface area contributed by atoms with Crippen LogP contribution in [0.1, 0.15) is 12.2 Å².